The van der Waals surface area contributed by atoms with Crippen molar-refractivity contribution in [2.45, 2.75) is 11.8 Å². The second-order valence-electron chi connectivity index (χ2n) is 2.64. The van der Waals surface area contributed by atoms with E-state index in [4.69, 9.17) is 4.78 Å². The zero-order valence-corrected chi connectivity index (χ0v) is 9.28. The summed E-state index contributed by atoms with van der Waals surface area (Å²) in [6.45, 7) is 1.99. The Morgan fingerprint density at radius 2 is 2.50 bits per heavy atom. The maximum absolute atomic E-state index is 7.76. The molecule has 0 bridgehead atoms. The molecule has 0 aromatic carbocycles. The van der Waals surface area contributed by atoms with Crippen LogP contribution in [-0.4, -0.2) is 15.9 Å². The van der Waals surface area contributed by atoms with Crippen LogP contribution in [0.25, 0.3) is 0 Å². The third-order valence-corrected chi connectivity index (χ3v) is 3.95. The number of amidine groups is 1. The van der Waals surface area contributed by atoms with E-state index < -0.39 is 10.7 Å². The third-order valence-electron chi connectivity index (χ3n) is 1.76. The number of aliphatic imine (C=N–C) groups is 1. The minimum absolute atomic E-state index is 0.523. The van der Waals surface area contributed by atoms with E-state index in [0.29, 0.717) is 0 Å². The third kappa shape index (κ3) is 1.80. The predicted molar refractivity (Wildman–Crippen MR) is 61.0 cm³/mol. The number of pyridine rings is 1. The Morgan fingerprint density at radius 1 is 1.64 bits per heavy atom. The van der Waals surface area contributed by atoms with E-state index in [-0.39, 0.29) is 0 Å². The van der Waals surface area contributed by atoms with E-state index in [1.165, 1.54) is 11.9 Å². The first kappa shape index (κ1) is 9.67. The van der Waals surface area contributed by atoms with Crippen molar-refractivity contribution in [2.24, 2.45) is 4.99 Å². The molecule has 2 heterocycles. The Balaban J connectivity index is 2.36. The summed E-state index contributed by atoms with van der Waals surface area (Å²) in [7, 11) is -0.523. The summed E-state index contributed by atoms with van der Waals surface area (Å²) in [5, 5.41) is 0.760. The highest BCUT2D eigenvalue weighted by Crippen LogP contribution is 2.30. The molecule has 1 unspecified atom stereocenters. The van der Waals surface area contributed by atoms with Gasteiger partial charge in [0.15, 0.2) is 5.17 Å². The van der Waals surface area contributed by atoms with Gasteiger partial charge in [-0.1, -0.05) is 6.92 Å². The van der Waals surface area contributed by atoms with E-state index in [2.05, 4.69) is 14.7 Å². The Labute approximate surface area is 89.3 Å². The van der Waals surface area contributed by atoms with Crippen molar-refractivity contribution in [3.8, 4) is 0 Å². The molecule has 1 aliphatic heterocycles. The number of hydrogen-bond acceptors (Lipinski definition) is 5. The molecule has 4 nitrogen and oxygen atoms in total. The van der Waals surface area contributed by atoms with E-state index in [0.717, 1.165) is 21.5 Å². The van der Waals surface area contributed by atoms with Gasteiger partial charge in [0.25, 0.3) is 0 Å². The Morgan fingerprint density at radius 3 is 3.29 bits per heavy atom. The van der Waals surface area contributed by atoms with Gasteiger partial charge in [0.1, 0.15) is 0 Å². The molecular formula is C8H10N4S2. The summed E-state index contributed by atoms with van der Waals surface area (Å²) in [5.74, 6) is 0.798. The van der Waals surface area contributed by atoms with Gasteiger partial charge in [-0.2, -0.15) is 0 Å². The predicted octanol–water partition coefficient (Wildman–Crippen LogP) is 2.08. The summed E-state index contributed by atoms with van der Waals surface area (Å²) in [4.78, 5) is 9.42. The van der Waals surface area contributed by atoms with Crippen LogP contribution in [0.3, 0.4) is 0 Å². The van der Waals surface area contributed by atoms with Gasteiger partial charge in [0.05, 0.1) is 10.6 Å². The van der Waals surface area contributed by atoms with Gasteiger partial charge >= 0.3 is 0 Å². The van der Waals surface area contributed by atoms with Gasteiger partial charge in [0, 0.05) is 18.1 Å². The van der Waals surface area contributed by atoms with E-state index >= 15 is 0 Å². The lowest BCUT2D eigenvalue weighted by atomic mass is 10.4. The summed E-state index contributed by atoms with van der Waals surface area (Å²) in [6, 6.07) is 1.87. The van der Waals surface area contributed by atoms with Crippen LogP contribution in [0.15, 0.2) is 28.3 Å². The number of fused-ring (bicyclic) bond motifs is 1. The monoisotopic (exact) mass is 226 g/mol. The number of hydrogen-bond donors (Lipinski definition) is 2. The molecule has 0 saturated heterocycles. The van der Waals surface area contributed by atoms with Crippen LogP contribution in [0.2, 0.25) is 0 Å². The van der Waals surface area contributed by atoms with E-state index in [1.54, 1.807) is 12.4 Å². The lowest BCUT2D eigenvalue weighted by molar-refractivity contribution is 1.20. The molecular weight excluding hydrogens is 216 g/mol. The first-order valence-electron chi connectivity index (χ1n) is 4.19. The standard InChI is InChI=1S/C8H10N4S2/c1-2-14(9)8-11-6-3-4-10-5-7(6)13-12-8/h3-5,9H,2H2,1H3,(H,11,12). The lowest BCUT2D eigenvalue weighted by Gasteiger charge is -2.15. The number of nitrogens with zero attached hydrogens (tertiary/aromatic N) is 2. The maximum Gasteiger partial charge on any atom is 0.182 e. The molecule has 0 fully saturated rings. The van der Waals surface area contributed by atoms with Crippen molar-refractivity contribution in [1.29, 1.82) is 4.78 Å². The summed E-state index contributed by atoms with van der Waals surface area (Å²) in [6.07, 6.45) is 3.50. The minimum Gasteiger partial charge on any atom is -0.304 e. The number of nitrogens with one attached hydrogen (secondary N) is 2. The van der Waals surface area contributed by atoms with Gasteiger partial charge in [-0.15, -0.1) is 0 Å². The summed E-state index contributed by atoms with van der Waals surface area (Å²) < 4.78 is 10.8. The smallest absolute Gasteiger partial charge is 0.182 e. The molecule has 0 aliphatic carbocycles. The van der Waals surface area contributed by atoms with E-state index in [1.807, 2.05) is 13.0 Å². The van der Waals surface area contributed by atoms with Crippen LogP contribution in [0.1, 0.15) is 6.92 Å². The van der Waals surface area contributed by atoms with Crippen LogP contribution < -0.4 is 4.72 Å². The molecule has 0 amide bonds. The van der Waals surface area contributed by atoms with Crippen LogP contribution in [0.5, 0.6) is 0 Å². The first-order chi connectivity index (χ1) is 6.81. The van der Waals surface area contributed by atoms with Crippen LogP contribution >= 0.6 is 11.9 Å². The highest BCUT2D eigenvalue weighted by atomic mass is 32.2. The van der Waals surface area contributed by atoms with Crippen molar-refractivity contribution in [3.05, 3.63) is 18.5 Å². The van der Waals surface area contributed by atoms with Crippen LogP contribution in [-0.2, 0) is 10.7 Å². The SMILES string of the molecule is CCS(=N)C1=Nc2ccncc2SN1. The Kier molecular flexibility index (Phi) is 2.83. The minimum atomic E-state index is -0.523. The van der Waals surface area contributed by atoms with Gasteiger partial charge in [-0.05, 0) is 28.7 Å². The zero-order valence-electron chi connectivity index (χ0n) is 7.65. The molecule has 1 aromatic rings. The van der Waals surface area contributed by atoms with Crippen molar-refractivity contribution >= 4 is 33.5 Å². The Bertz CT molecular complexity index is 402. The first-order valence-corrected chi connectivity index (χ1v) is 6.40. The fourth-order valence-corrected chi connectivity index (χ4v) is 2.60. The molecule has 2 rings (SSSR count). The Hall–Kier alpha value is -0.880. The highest BCUT2D eigenvalue weighted by Gasteiger charge is 2.13. The molecule has 0 spiro atoms. The second-order valence-corrected chi connectivity index (χ2v) is 5.24. The molecule has 74 valence electrons. The fourth-order valence-electron chi connectivity index (χ4n) is 1.02. The highest BCUT2D eigenvalue weighted by molar-refractivity contribution is 8.05. The van der Waals surface area contributed by atoms with Crippen molar-refractivity contribution in [3.63, 3.8) is 0 Å². The summed E-state index contributed by atoms with van der Waals surface area (Å²) >= 11 is 1.48. The molecule has 1 aliphatic rings. The number of rotatable bonds is 1. The molecule has 0 saturated carbocycles. The van der Waals surface area contributed by atoms with Crippen LogP contribution in [0.4, 0.5) is 5.69 Å². The fraction of sp³-hybridized carbons (Fsp3) is 0.250. The molecule has 14 heavy (non-hydrogen) atoms. The molecule has 1 aromatic heterocycles. The summed E-state index contributed by atoms with van der Waals surface area (Å²) in [5.41, 5.74) is 0.914. The quantitative estimate of drug-likeness (QED) is 0.721. The molecule has 0 radical (unpaired) electrons. The van der Waals surface area contributed by atoms with Crippen molar-refractivity contribution in [2.75, 3.05) is 5.75 Å². The molecule has 1 atom stereocenters. The van der Waals surface area contributed by atoms with Crippen molar-refractivity contribution < 1.29 is 0 Å². The topological polar surface area (TPSA) is 61.1 Å². The van der Waals surface area contributed by atoms with Gasteiger partial charge in [0.2, 0.25) is 0 Å². The molecule has 2 N–H and O–H groups in total. The lowest BCUT2D eigenvalue weighted by Crippen LogP contribution is -2.23. The van der Waals surface area contributed by atoms with Gasteiger partial charge in [-0.25, -0.2) is 4.99 Å². The largest absolute Gasteiger partial charge is 0.304 e. The zero-order chi connectivity index (χ0) is 9.97. The van der Waals surface area contributed by atoms with Crippen molar-refractivity contribution in [1.82, 2.24) is 9.71 Å². The van der Waals surface area contributed by atoms with Gasteiger partial charge in [-0.3, -0.25) is 9.76 Å². The van der Waals surface area contributed by atoms with Crippen LogP contribution in [0, 0.1) is 4.78 Å². The van der Waals surface area contributed by atoms with Gasteiger partial charge < -0.3 is 4.72 Å². The normalized spacial score (nSPS) is 16.5. The maximum atomic E-state index is 7.76. The number of aromatic nitrogens is 1. The average Bonchev–Trinajstić information content (AvgIpc) is 2.27. The van der Waals surface area contributed by atoms with E-state index in [9.17, 15) is 0 Å². The molecule has 6 heteroatoms. The average molecular weight is 226 g/mol. The second kappa shape index (κ2) is 4.10.